The maximum absolute atomic E-state index is 12.8. The van der Waals surface area contributed by atoms with Gasteiger partial charge in [-0.1, -0.05) is 6.92 Å². The Bertz CT molecular complexity index is 1040. The first-order valence-electron chi connectivity index (χ1n) is 9.60. The van der Waals surface area contributed by atoms with Gasteiger partial charge in [0.1, 0.15) is 0 Å². The van der Waals surface area contributed by atoms with Crippen molar-refractivity contribution < 1.29 is 27.5 Å². The van der Waals surface area contributed by atoms with Crippen LogP contribution in [-0.4, -0.2) is 55.8 Å². The second kappa shape index (κ2) is 9.58. The minimum Gasteiger partial charge on any atom is -0.451 e. The van der Waals surface area contributed by atoms with Gasteiger partial charge < -0.3 is 4.74 Å². The van der Waals surface area contributed by atoms with Crippen molar-refractivity contribution in [2.24, 2.45) is 5.92 Å². The van der Waals surface area contributed by atoms with E-state index in [1.807, 2.05) is 0 Å². The Balaban J connectivity index is 1.74. The second-order valence-electron chi connectivity index (χ2n) is 7.17. The lowest BCUT2D eigenvalue weighted by Gasteiger charge is -2.29. The number of hydrogen-bond acceptors (Lipinski definition) is 7. The molecule has 2 heterocycles. The number of benzene rings is 1. The molecular formula is C20H23N3O6S2. The van der Waals surface area contributed by atoms with Gasteiger partial charge in [-0.15, -0.1) is 5.01 Å². The van der Waals surface area contributed by atoms with Crippen molar-refractivity contribution in [1.29, 1.82) is 0 Å². The molecule has 166 valence electrons. The summed E-state index contributed by atoms with van der Waals surface area (Å²) in [6.45, 7) is 3.02. The summed E-state index contributed by atoms with van der Waals surface area (Å²) in [5.74, 6) is -1.02. The molecule has 0 bridgehead atoms. The summed E-state index contributed by atoms with van der Waals surface area (Å²) < 4.78 is 31.6. The van der Waals surface area contributed by atoms with Crippen molar-refractivity contribution in [2.45, 2.75) is 24.7 Å². The fourth-order valence-corrected chi connectivity index (χ4v) is 5.20. The predicted molar refractivity (Wildman–Crippen MR) is 114 cm³/mol. The number of hydrogen-bond donors (Lipinski definition) is 1. The number of ether oxygens (including phenoxy) is 1. The van der Waals surface area contributed by atoms with Crippen LogP contribution in [0.25, 0.3) is 0 Å². The van der Waals surface area contributed by atoms with E-state index in [1.165, 1.54) is 51.4 Å². The van der Waals surface area contributed by atoms with E-state index in [9.17, 15) is 22.8 Å². The lowest BCUT2D eigenvalue weighted by atomic mass is 10.0. The lowest BCUT2D eigenvalue weighted by molar-refractivity contribution is 0.0540. The Kier molecular flexibility index (Phi) is 7.08. The zero-order valence-electron chi connectivity index (χ0n) is 17.1. The summed E-state index contributed by atoms with van der Waals surface area (Å²) >= 11 is 1.26. The average Bonchev–Trinajstić information content (AvgIpc) is 3.31. The van der Waals surface area contributed by atoms with E-state index in [0.717, 1.165) is 20.0 Å². The van der Waals surface area contributed by atoms with Crippen molar-refractivity contribution in [1.82, 2.24) is 14.7 Å². The van der Waals surface area contributed by atoms with Crippen LogP contribution >= 0.6 is 11.3 Å². The molecule has 9 nitrogen and oxygen atoms in total. The summed E-state index contributed by atoms with van der Waals surface area (Å²) in [7, 11) is -2.56. The van der Waals surface area contributed by atoms with Gasteiger partial charge >= 0.3 is 6.09 Å². The summed E-state index contributed by atoms with van der Waals surface area (Å²) in [6.07, 6.45) is 0.561. The van der Waals surface area contributed by atoms with Gasteiger partial charge in [0.25, 0.3) is 11.8 Å². The Labute approximate surface area is 184 Å². The number of nitrogens with one attached hydrogen (secondary N) is 1. The van der Waals surface area contributed by atoms with E-state index in [4.69, 9.17) is 0 Å². The van der Waals surface area contributed by atoms with Crippen molar-refractivity contribution in [3.05, 3.63) is 52.2 Å². The molecule has 1 aromatic carbocycles. The molecule has 1 saturated heterocycles. The molecule has 31 heavy (non-hydrogen) atoms. The van der Waals surface area contributed by atoms with Gasteiger partial charge in [0, 0.05) is 24.0 Å². The number of piperidine rings is 1. The normalized spacial score (nSPS) is 15.3. The Morgan fingerprint density at radius 3 is 2.29 bits per heavy atom. The fourth-order valence-electron chi connectivity index (χ4n) is 3.10. The third kappa shape index (κ3) is 5.12. The highest BCUT2D eigenvalue weighted by Gasteiger charge is 2.29. The van der Waals surface area contributed by atoms with Crippen LogP contribution in [0.15, 0.2) is 46.0 Å². The van der Waals surface area contributed by atoms with Crippen LogP contribution in [-0.2, 0) is 14.8 Å². The summed E-state index contributed by atoms with van der Waals surface area (Å²) in [4.78, 5) is 37.1. The first-order chi connectivity index (χ1) is 14.7. The number of carbonyl (C=O) groups is 3. The number of sulfonamides is 1. The van der Waals surface area contributed by atoms with Gasteiger partial charge in [0.05, 0.1) is 17.6 Å². The maximum Gasteiger partial charge on any atom is 0.436 e. The highest BCUT2D eigenvalue weighted by Crippen LogP contribution is 2.23. The molecule has 1 aliphatic rings. The minimum absolute atomic E-state index is 0.0813. The summed E-state index contributed by atoms with van der Waals surface area (Å²) in [5, 5.41) is 3.67. The highest BCUT2D eigenvalue weighted by atomic mass is 32.2. The van der Waals surface area contributed by atoms with Gasteiger partial charge in [-0.05, 0) is 54.5 Å². The van der Waals surface area contributed by atoms with Crippen molar-refractivity contribution in [2.75, 3.05) is 20.2 Å². The molecule has 1 aliphatic heterocycles. The maximum atomic E-state index is 12.8. The van der Waals surface area contributed by atoms with Gasteiger partial charge in [0.15, 0.2) is 0 Å². The van der Waals surface area contributed by atoms with Crippen molar-refractivity contribution >= 4 is 39.3 Å². The fraction of sp³-hybridized carbons (Fsp3) is 0.350. The molecule has 1 fully saturated rings. The molecule has 0 spiro atoms. The number of carbonyl (C=O) groups excluding carboxylic acids is 3. The quantitative estimate of drug-likeness (QED) is 0.695. The van der Waals surface area contributed by atoms with Crippen LogP contribution in [0.2, 0.25) is 0 Å². The molecule has 3 amide bonds. The molecule has 1 N–H and O–H groups in total. The largest absolute Gasteiger partial charge is 0.451 e. The molecule has 2 aromatic rings. The van der Waals surface area contributed by atoms with Crippen LogP contribution in [0, 0.1) is 5.92 Å². The predicted octanol–water partition coefficient (Wildman–Crippen LogP) is 2.72. The van der Waals surface area contributed by atoms with Gasteiger partial charge in [-0.3, -0.25) is 15.0 Å². The standard InChI is InChI=1S/C20H23N3O6S2/c1-14-7-10-22(11-8-14)31(27,28)17-5-3-15(4-6-17)18(24)21-23(20(26)29-2)19(25)16-9-12-30-13-16/h3-6,9,12-14H,7-8,10-11H2,1-2H3,(H,21,24). The molecule has 0 radical (unpaired) electrons. The molecule has 3 rings (SSSR count). The van der Waals surface area contributed by atoms with Crippen molar-refractivity contribution in [3.63, 3.8) is 0 Å². The van der Waals surface area contributed by atoms with Crippen LogP contribution < -0.4 is 5.43 Å². The van der Waals surface area contributed by atoms with Crippen LogP contribution in [0.3, 0.4) is 0 Å². The number of nitrogens with zero attached hydrogens (tertiary/aromatic N) is 2. The van der Waals surface area contributed by atoms with E-state index in [-0.39, 0.29) is 16.0 Å². The monoisotopic (exact) mass is 465 g/mol. The number of hydrazine groups is 1. The van der Waals surface area contributed by atoms with Gasteiger partial charge in [0.2, 0.25) is 10.0 Å². The molecule has 0 unspecified atom stereocenters. The Morgan fingerprint density at radius 1 is 1.10 bits per heavy atom. The first kappa shape index (κ1) is 22.9. The third-order valence-corrected chi connectivity index (χ3v) is 7.63. The second-order valence-corrected chi connectivity index (χ2v) is 9.89. The first-order valence-corrected chi connectivity index (χ1v) is 12.0. The third-order valence-electron chi connectivity index (χ3n) is 5.04. The minimum atomic E-state index is -3.65. The number of imide groups is 1. The molecular weight excluding hydrogens is 442 g/mol. The van der Waals surface area contributed by atoms with E-state index >= 15 is 0 Å². The van der Waals surface area contributed by atoms with E-state index in [0.29, 0.717) is 24.0 Å². The smallest absolute Gasteiger partial charge is 0.436 e. The van der Waals surface area contributed by atoms with E-state index in [2.05, 4.69) is 17.1 Å². The summed E-state index contributed by atoms with van der Waals surface area (Å²) in [5.41, 5.74) is 2.51. The van der Waals surface area contributed by atoms with Crippen LogP contribution in [0.5, 0.6) is 0 Å². The topological polar surface area (TPSA) is 113 Å². The average molecular weight is 466 g/mol. The Hall–Kier alpha value is -2.76. The zero-order valence-corrected chi connectivity index (χ0v) is 18.7. The van der Waals surface area contributed by atoms with Crippen LogP contribution in [0.4, 0.5) is 4.79 Å². The number of amides is 3. The summed E-state index contributed by atoms with van der Waals surface area (Å²) in [6, 6.07) is 6.85. The molecule has 0 aliphatic carbocycles. The Morgan fingerprint density at radius 2 is 1.74 bits per heavy atom. The number of rotatable bonds is 4. The zero-order chi connectivity index (χ0) is 22.6. The number of methoxy groups -OCH3 is 1. The van der Waals surface area contributed by atoms with E-state index in [1.54, 1.807) is 5.38 Å². The number of thiophene rings is 1. The van der Waals surface area contributed by atoms with Gasteiger partial charge in [-0.2, -0.15) is 15.6 Å². The lowest BCUT2D eigenvalue weighted by Crippen LogP contribution is -2.49. The van der Waals surface area contributed by atoms with Gasteiger partial charge in [-0.25, -0.2) is 13.2 Å². The van der Waals surface area contributed by atoms with Crippen molar-refractivity contribution in [3.8, 4) is 0 Å². The van der Waals surface area contributed by atoms with Crippen LogP contribution in [0.1, 0.15) is 40.5 Å². The molecule has 11 heteroatoms. The molecule has 1 aromatic heterocycles. The molecule has 0 saturated carbocycles. The SMILES string of the molecule is COC(=O)N(NC(=O)c1ccc(S(=O)(=O)N2CCC(C)CC2)cc1)C(=O)c1ccsc1. The highest BCUT2D eigenvalue weighted by molar-refractivity contribution is 7.89. The molecule has 0 atom stereocenters. The van der Waals surface area contributed by atoms with E-state index < -0.39 is 27.9 Å².